The molecule has 0 aromatic rings. The van der Waals surface area contributed by atoms with Crippen LogP contribution in [0.2, 0.25) is 0 Å². The van der Waals surface area contributed by atoms with Gasteiger partial charge in [-0.1, -0.05) is 25.7 Å². The Labute approximate surface area is 111 Å². The number of hydrogen-bond acceptors (Lipinski definition) is 2. The fraction of sp³-hybridized carbons (Fsp3) is 0.929. The zero-order valence-electron chi connectivity index (χ0n) is 11.7. The van der Waals surface area contributed by atoms with E-state index in [0.29, 0.717) is 6.04 Å². The van der Waals surface area contributed by atoms with Crippen molar-refractivity contribution in [1.82, 2.24) is 10.3 Å². The molecule has 0 atom stereocenters. The van der Waals surface area contributed by atoms with Crippen molar-refractivity contribution in [3.63, 3.8) is 0 Å². The number of hydrazine groups is 1. The molecule has 2 fully saturated rings. The molecule has 0 aromatic carbocycles. The average molecular weight is 252 g/mol. The summed E-state index contributed by atoms with van der Waals surface area (Å²) >= 11 is 0. The average Bonchev–Trinajstić information content (AvgIpc) is 2.37. The van der Waals surface area contributed by atoms with E-state index in [1.54, 1.807) is 0 Å². The van der Waals surface area contributed by atoms with E-state index in [0.717, 1.165) is 25.0 Å². The highest BCUT2D eigenvalue weighted by Gasteiger charge is 2.22. The molecule has 4 heteroatoms. The van der Waals surface area contributed by atoms with Crippen molar-refractivity contribution >= 4 is 5.96 Å². The smallest absolute Gasteiger partial charge is 0.208 e. The maximum Gasteiger partial charge on any atom is 0.208 e. The van der Waals surface area contributed by atoms with E-state index in [1.807, 2.05) is 0 Å². The molecule has 0 radical (unpaired) electrons. The summed E-state index contributed by atoms with van der Waals surface area (Å²) in [5.74, 6) is 7.45. The number of nitrogens with zero attached hydrogens (tertiary/aromatic N) is 2. The van der Waals surface area contributed by atoms with Crippen molar-refractivity contribution in [3.8, 4) is 0 Å². The molecule has 0 aliphatic heterocycles. The van der Waals surface area contributed by atoms with Crippen LogP contribution in [-0.4, -0.2) is 30.0 Å². The first-order chi connectivity index (χ1) is 8.83. The Morgan fingerprint density at radius 2 is 1.89 bits per heavy atom. The van der Waals surface area contributed by atoms with Crippen LogP contribution in [0.4, 0.5) is 0 Å². The minimum absolute atomic E-state index is 0.486. The fourth-order valence-electron chi connectivity index (χ4n) is 2.95. The van der Waals surface area contributed by atoms with Crippen molar-refractivity contribution in [2.24, 2.45) is 16.8 Å². The summed E-state index contributed by atoms with van der Waals surface area (Å²) in [4.78, 5) is 7.16. The second-order valence-electron chi connectivity index (χ2n) is 5.72. The molecule has 0 bridgehead atoms. The molecule has 2 aliphatic rings. The lowest BCUT2D eigenvalue weighted by Crippen LogP contribution is -2.48. The molecule has 0 unspecified atom stereocenters. The molecule has 0 amide bonds. The van der Waals surface area contributed by atoms with Gasteiger partial charge in [-0.25, -0.2) is 10.8 Å². The maximum atomic E-state index is 5.68. The quantitative estimate of drug-likeness (QED) is 0.349. The van der Waals surface area contributed by atoms with Crippen molar-refractivity contribution in [2.45, 2.75) is 64.3 Å². The molecular formula is C14H28N4. The summed E-state index contributed by atoms with van der Waals surface area (Å²) < 4.78 is 0. The van der Waals surface area contributed by atoms with Crippen LogP contribution in [0.1, 0.15) is 58.3 Å². The number of rotatable bonds is 4. The summed E-state index contributed by atoms with van der Waals surface area (Å²) in [6, 6.07) is 0.486. The number of guanidine groups is 1. The first kappa shape index (κ1) is 13.7. The maximum absolute atomic E-state index is 5.68. The van der Waals surface area contributed by atoms with Gasteiger partial charge in [-0.3, -0.25) is 5.43 Å². The summed E-state index contributed by atoms with van der Waals surface area (Å²) in [5.41, 5.74) is 2.83. The van der Waals surface area contributed by atoms with Crippen LogP contribution < -0.4 is 11.3 Å². The zero-order chi connectivity index (χ0) is 12.8. The van der Waals surface area contributed by atoms with Crippen molar-refractivity contribution < 1.29 is 0 Å². The van der Waals surface area contributed by atoms with Crippen LogP contribution in [0.3, 0.4) is 0 Å². The van der Waals surface area contributed by atoms with Gasteiger partial charge in [0.2, 0.25) is 5.96 Å². The summed E-state index contributed by atoms with van der Waals surface area (Å²) in [7, 11) is 0. The predicted octanol–water partition coefficient (Wildman–Crippen LogP) is 2.26. The molecule has 2 saturated carbocycles. The molecule has 18 heavy (non-hydrogen) atoms. The van der Waals surface area contributed by atoms with E-state index in [4.69, 9.17) is 10.8 Å². The first-order valence-electron chi connectivity index (χ1n) is 7.62. The molecule has 3 N–H and O–H groups in total. The SMILES string of the molecule is CCN(CC1CCC1)C(=NC1CCCCC1)NN. The fourth-order valence-corrected chi connectivity index (χ4v) is 2.95. The van der Waals surface area contributed by atoms with Crippen molar-refractivity contribution in [1.29, 1.82) is 0 Å². The van der Waals surface area contributed by atoms with Gasteiger partial charge >= 0.3 is 0 Å². The number of nitrogens with two attached hydrogens (primary N) is 1. The van der Waals surface area contributed by atoms with Crippen LogP contribution in [0, 0.1) is 5.92 Å². The van der Waals surface area contributed by atoms with Crippen molar-refractivity contribution in [3.05, 3.63) is 0 Å². The topological polar surface area (TPSA) is 53.6 Å². The highest BCUT2D eigenvalue weighted by Crippen LogP contribution is 2.27. The highest BCUT2D eigenvalue weighted by atomic mass is 15.4. The Hall–Kier alpha value is -0.770. The predicted molar refractivity (Wildman–Crippen MR) is 76.2 cm³/mol. The van der Waals surface area contributed by atoms with Gasteiger partial charge in [0.15, 0.2) is 0 Å². The largest absolute Gasteiger partial charge is 0.342 e. The Balaban J connectivity index is 1.92. The second kappa shape index (κ2) is 6.98. The van der Waals surface area contributed by atoms with Crippen LogP contribution in [0.15, 0.2) is 4.99 Å². The van der Waals surface area contributed by atoms with Crippen LogP contribution in [-0.2, 0) is 0 Å². The standard InChI is InChI=1S/C14H28N4/c1-2-18(11-12-7-6-8-12)14(17-15)16-13-9-4-3-5-10-13/h12-13H,2-11,15H2,1H3,(H,16,17). The molecule has 0 heterocycles. The normalized spacial score (nSPS) is 22.7. The van der Waals surface area contributed by atoms with Gasteiger partial charge in [0, 0.05) is 13.1 Å². The van der Waals surface area contributed by atoms with E-state index < -0.39 is 0 Å². The Morgan fingerprint density at radius 3 is 2.39 bits per heavy atom. The van der Waals surface area contributed by atoms with E-state index in [1.165, 1.54) is 51.4 Å². The molecule has 104 valence electrons. The van der Waals surface area contributed by atoms with E-state index >= 15 is 0 Å². The molecule has 0 spiro atoms. The molecule has 2 aliphatic carbocycles. The van der Waals surface area contributed by atoms with Gasteiger partial charge < -0.3 is 4.90 Å². The van der Waals surface area contributed by atoms with E-state index in [2.05, 4.69) is 17.2 Å². The molecule has 2 rings (SSSR count). The van der Waals surface area contributed by atoms with Gasteiger partial charge in [0.1, 0.15) is 0 Å². The Kier molecular flexibility index (Phi) is 5.29. The van der Waals surface area contributed by atoms with Gasteiger partial charge in [-0.2, -0.15) is 0 Å². The second-order valence-corrected chi connectivity index (χ2v) is 5.72. The highest BCUT2D eigenvalue weighted by molar-refractivity contribution is 5.79. The molecule has 0 saturated heterocycles. The monoisotopic (exact) mass is 252 g/mol. The van der Waals surface area contributed by atoms with Crippen molar-refractivity contribution in [2.75, 3.05) is 13.1 Å². The van der Waals surface area contributed by atoms with E-state index in [9.17, 15) is 0 Å². The lowest BCUT2D eigenvalue weighted by molar-refractivity contribution is 0.239. The van der Waals surface area contributed by atoms with Gasteiger partial charge in [0.25, 0.3) is 0 Å². The van der Waals surface area contributed by atoms with Gasteiger partial charge in [-0.15, -0.1) is 0 Å². The lowest BCUT2D eigenvalue weighted by atomic mass is 9.85. The third kappa shape index (κ3) is 3.61. The zero-order valence-corrected chi connectivity index (χ0v) is 11.7. The third-order valence-corrected chi connectivity index (χ3v) is 4.39. The van der Waals surface area contributed by atoms with Crippen LogP contribution >= 0.6 is 0 Å². The Bertz CT molecular complexity index is 267. The van der Waals surface area contributed by atoms with Gasteiger partial charge in [-0.05, 0) is 38.5 Å². The molecular weight excluding hydrogens is 224 g/mol. The molecule has 0 aromatic heterocycles. The minimum Gasteiger partial charge on any atom is -0.342 e. The van der Waals surface area contributed by atoms with Gasteiger partial charge in [0.05, 0.1) is 6.04 Å². The molecule has 4 nitrogen and oxygen atoms in total. The van der Waals surface area contributed by atoms with Crippen LogP contribution in [0.5, 0.6) is 0 Å². The minimum atomic E-state index is 0.486. The lowest BCUT2D eigenvalue weighted by Gasteiger charge is -2.34. The first-order valence-corrected chi connectivity index (χ1v) is 7.62. The van der Waals surface area contributed by atoms with E-state index in [-0.39, 0.29) is 0 Å². The number of nitrogens with one attached hydrogen (secondary N) is 1. The number of aliphatic imine (C=N–C) groups is 1. The number of hydrogen-bond donors (Lipinski definition) is 2. The third-order valence-electron chi connectivity index (χ3n) is 4.39. The Morgan fingerprint density at radius 1 is 1.17 bits per heavy atom. The summed E-state index contributed by atoms with van der Waals surface area (Å²) in [5, 5.41) is 0. The van der Waals surface area contributed by atoms with Crippen LogP contribution in [0.25, 0.3) is 0 Å². The summed E-state index contributed by atoms with van der Waals surface area (Å²) in [6.07, 6.45) is 10.6. The summed E-state index contributed by atoms with van der Waals surface area (Å²) in [6.45, 7) is 4.30.